The molecule has 0 aliphatic rings. The summed E-state index contributed by atoms with van der Waals surface area (Å²) in [6.45, 7) is 0.456. The van der Waals surface area contributed by atoms with E-state index in [0.29, 0.717) is 12.3 Å². The predicted molar refractivity (Wildman–Crippen MR) is 75.7 cm³/mol. The Morgan fingerprint density at radius 1 is 1.45 bits per heavy atom. The Morgan fingerprint density at radius 3 is 3.05 bits per heavy atom. The number of furan rings is 1. The van der Waals surface area contributed by atoms with E-state index in [1.165, 1.54) is 6.26 Å². The fraction of sp³-hybridized carbons (Fsp3) is 0.143. The first-order valence-corrected chi connectivity index (χ1v) is 7.12. The average molecular weight is 287 g/mol. The van der Waals surface area contributed by atoms with Crippen molar-refractivity contribution in [3.05, 3.63) is 65.0 Å². The quantitative estimate of drug-likeness (QED) is 0.784. The van der Waals surface area contributed by atoms with E-state index in [-0.39, 0.29) is 11.9 Å². The van der Waals surface area contributed by atoms with Crippen molar-refractivity contribution >= 4 is 17.2 Å². The van der Waals surface area contributed by atoms with Gasteiger partial charge in [0.2, 0.25) is 0 Å². The van der Waals surface area contributed by atoms with Crippen LogP contribution in [0.25, 0.3) is 0 Å². The van der Waals surface area contributed by atoms with E-state index >= 15 is 0 Å². The number of nitrogens with one attached hydrogen (secondary N) is 1. The Balaban J connectivity index is 1.73. The van der Waals surface area contributed by atoms with E-state index in [2.05, 4.69) is 15.8 Å². The molecule has 5 nitrogen and oxygen atoms in total. The molecule has 102 valence electrons. The summed E-state index contributed by atoms with van der Waals surface area (Å²) in [7, 11) is 0. The van der Waals surface area contributed by atoms with Crippen molar-refractivity contribution in [2.45, 2.75) is 6.04 Å². The number of amides is 1. The van der Waals surface area contributed by atoms with Crippen molar-refractivity contribution in [3.8, 4) is 0 Å². The molecule has 1 amide bonds. The number of aromatic nitrogens is 2. The molecule has 0 aliphatic carbocycles. The van der Waals surface area contributed by atoms with E-state index < -0.39 is 0 Å². The van der Waals surface area contributed by atoms with E-state index in [4.69, 9.17) is 4.42 Å². The first-order chi connectivity index (χ1) is 9.84. The van der Waals surface area contributed by atoms with Gasteiger partial charge in [0.05, 0.1) is 12.3 Å². The second kappa shape index (κ2) is 5.75. The number of nitrogens with zero attached hydrogens (tertiary/aromatic N) is 2. The molecule has 6 heteroatoms. The van der Waals surface area contributed by atoms with Crippen LogP contribution >= 0.6 is 11.3 Å². The van der Waals surface area contributed by atoms with Crippen molar-refractivity contribution in [2.75, 3.05) is 6.54 Å². The zero-order valence-electron chi connectivity index (χ0n) is 10.6. The number of hydrogen-bond donors (Lipinski definition) is 1. The van der Waals surface area contributed by atoms with E-state index in [9.17, 15) is 4.79 Å². The lowest BCUT2D eigenvalue weighted by Gasteiger charge is -2.17. The molecule has 3 heterocycles. The molecule has 20 heavy (non-hydrogen) atoms. The maximum atomic E-state index is 11.9. The number of rotatable bonds is 5. The van der Waals surface area contributed by atoms with Crippen LogP contribution in [0, 0.1) is 0 Å². The maximum Gasteiger partial charge on any atom is 0.287 e. The average Bonchev–Trinajstić information content (AvgIpc) is 3.22. The summed E-state index contributed by atoms with van der Waals surface area (Å²) in [5, 5.41) is 11.2. The molecule has 3 rings (SSSR count). The first-order valence-electron chi connectivity index (χ1n) is 6.17. The topological polar surface area (TPSA) is 60.1 Å². The molecule has 0 bridgehead atoms. The van der Waals surface area contributed by atoms with E-state index in [1.807, 2.05) is 28.4 Å². The summed E-state index contributed by atoms with van der Waals surface area (Å²) in [4.78, 5) is 11.9. The lowest BCUT2D eigenvalue weighted by atomic mass is 10.1. The fourth-order valence-electron chi connectivity index (χ4n) is 1.98. The predicted octanol–water partition coefficient (Wildman–Crippen LogP) is 2.56. The van der Waals surface area contributed by atoms with Crippen LogP contribution in [0.3, 0.4) is 0 Å². The minimum atomic E-state index is -0.220. The van der Waals surface area contributed by atoms with Crippen LogP contribution in [0.4, 0.5) is 0 Å². The monoisotopic (exact) mass is 287 g/mol. The highest BCUT2D eigenvalue weighted by atomic mass is 32.1. The fourth-order valence-corrected chi connectivity index (χ4v) is 2.69. The molecule has 3 aromatic rings. The van der Waals surface area contributed by atoms with Gasteiger partial charge < -0.3 is 9.73 Å². The third-order valence-corrected chi connectivity index (χ3v) is 3.67. The first kappa shape index (κ1) is 12.7. The Morgan fingerprint density at radius 2 is 2.40 bits per heavy atom. The molecule has 1 N–H and O–H groups in total. The summed E-state index contributed by atoms with van der Waals surface area (Å²) in [5.74, 6) is 0.0944. The summed E-state index contributed by atoms with van der Waals surface area (Å²) in [6.07, 6.45) is 5.11. The van der Waals surface area contributed by atoms with Crippen LogP contribution < -0.4 is 5.32 Å². The van der Waals surface area contributed by atoms with Gasteiger partial charge in [0, 0.05) is 18.9 Å². The SMILES string of the molecule is O=C(NC[C@H](c1ccsc1)n1cccn1)c1ccco1. The largest absolute Gasteiger partial charge is 0.459 e. The smallest absolute Gasteiger partial charge is 0.287 e. The molecule has 0 aliphatic heterocycles. The zero-order chi connectivity index (χ0) is 13.8. The molecule has 0 saturated heterocycles. The minimum Gasteiger partial charge on any atom is -0.459 e. The Labute approximate surface area is 119 Å². The summed E-state index contributed by atoms with van der Waals surface area (Å²) >= 11 is 1.62. The molecule has 0 spiro atoms. The third-order valence-electron chi connectivity index (χ3n) is 2.97. The van der Waals surface area contributed by atoms with Crippen LogP contribution in [0.1, 0.15) is 22.2 Å². The normalized spacial score (nSPS) is 12.2. The summed E-state index contributed by atoms with van der Waals surface area (Å²) in [6, 6.07) is 7.22. The van der Waals surface area contributed by atoms with Crippen molar-refractivity contribution in [2.24, 2.45) is 0 Å². The van der Waals surface area contributed by atoms with Gasteiger partial charge in [0.25, 0.3) is 5.91 Å². The van der Waals surface area contributed by atoms with E-state index in [1.54, 1.807) is 29.7 Å². The molecule has 0 unspecified atom stereocenters. The third kappa shape index (κ3) is 2.65. The van der Waals surface area contributed by atoms with E-state index in [0.717, 1.165) is 5.56 Å². The molecular formula is C14H13N3O2S. The number of carbonyl (C=O) groups is 1. The minimum absolute atomic E-state index is 0.0184. The van der Waals surface area contributed by atoms with Gasteiger partial charge in [-0.3, -0.25) is 9.48 Å². The molecule has 0 radical (unpaired) electrons. The number of carbonyl (C=O) groups excluding carboxylic acids is 1. The lowest BCUT2D eigenvalue weighted by molar-refractivity contribution is 0.0921. The van der Waals surface area contributed by atoms with Gasteiger partial charge in [-0.25, -0.2) is 0 Å². The van der Waals surface area contributed by atoms with Crippen molar-refractivity contribution < 1.29 is 9.21 Å². The highest BCUT2D eigenvalue weighted by molar-refractivity contribution is 7.07. The van der Waals surface area contributed by atoms with Gasteiger partial charge in [0.15, 0.2) is 5.76 Å². The van der Waals surface area contributed by atoms with Gasteiger partial charge in [-0.15, -0.1) is 0 Å². The number of thiophene rings is 1. The highest BCUT2D eigenvalue weighted by Crippen LogP contribution is 2.19. The Hall–Kier alpha value is -2.34. The van der Waals surface area contributed by atoms with Gasteiger partial charge in [-0.05, 0) is 40.6 Å². The van der Waals surface area contributed by atoms with Gasteiger partial charge in [-0.2, -0.15) is 16.4 Å². The van der Waals surface area contributed by atoms with Gasteiger partial charge in [-0.1, -0.05) is 0 Å². The Kier molecular flexibility index (Phi) is 3.64. The molecule has 0 saturated carbocycles. The highest BCUT2D eigenvalue weighted by Gasteiger charge is 2.17. The van der Waals surface area contributed by atoms with Crippen molar-refractivity contribution in [1.29, 1.82) is 0 Å². The number of hydrogen-bond acceptors (Lipinski definition) is 4. The van der Waals surface area contributed by atoms with Crippen molar-refractivity contribution in [1.82, 2.24) is 15.1 Å². The molecule has 1 atom stereocenters. The second-order valence-electron chi connectivity index (χ2n) is 4.25. The van der Waals surface area contributed by atoms with Crippen LogP contribution in [0.2, 0.25) is 0 Å². The zero-order valence-corrected chi connectivity index (χ0v) is 11.4. The summed E-state index contributed by atoms with van der Waals surface area (Å²) < 4.78 is 6.91. The summed E-state index contributed by atoms with van der Waals surface area (Å²) in [5.41, 5.74) is 1.12. The van der Waals surface area contributed by atoms with Gasteiger partial charge >= 0.3 is 0 Å². The second-order valence-corrected chi connectivity index (χ2v) is 5.03. The van der Waals surface area contributed by atoms with Crippen LogP contribution in [0.15, 0.2) is 58.1 Å². The Bertz CT molecular complexity index is 610. The molecule has 0 fully saturated rings. The van der Waals surface area contributed by atoms with Crippen LogP contribution in [0.5, 0.6) is 0 Å². The van der Waals surface area contributed by atoms with Gasteiger partial charge in [0.1, 0.15) is 0 Å². The molecule has 3 aromatic heterocycles. The molecular weight excluding hydrogens is 274 g/mol. The van der Waals surface area contributed by atoms with Crippen LogP contribution in [-0.2, 0) is 0 Å². The van der Waals surface area contributed by atoms with Crippen molar-refractivity contribution in [3.63, 3.8) is 0 Å². The maximum absolute atomic E-state index is 11.9. The lowest BCUT2D eigenvalue weighted by Crippen LogP contribution is -2.31. The standard InChI is InChI=1S/C14H13N3O2S/c18-14(13-3-1-7-19-13)15-9-12(11-4-8-20-10-11)17-6-2-5-16-17/h1-8,10,12H,9H2,(H,15,18)/t12-/m1/s1. The van der Waals surface area contributed by atoms with Crippen LogP contribution in [-0.4, -0.2) is 22.2 Å². The molecule has 0 aromatic carbocycles.